The van der Waals surface area contributed by atoms with Gasteiger partial charge in [-0.2, -0.15) is 0 Å². The van der Waals surface area contributed by atoms with Crippen LogP contribution < -0.4 is 5.32 Å². The monoisotopic (exact) mass is 323 g/mol. The van der Waals surface area contributed by atoms with E-state index >= 15 is 0 Å². The first-order valence-corrected chi connectivity index (χ1v) is 6.56. The fraction of sp³-hybridized carbons (Fsp3) is 0.0714. The summed E-state index contributed by atoms with van der Waals surface area (Å²) < 4.78 is 0.919. The van der Waals surface area contributed by atoms with Crippen LogP contribution in [0.25, 0.3) is 0 Å². The van der Waals surface area contributed by atoms with Crippen LogP contribution in [-0.2, 0) is 0 Å². The predicted octanol–water partition coefficient (Wildman–Crippen LogP) is 4.66. The second kappa shape index (κ2) is 5.55. The fourth-order valence-electron chi connectivity index (χ4n) is 1.50. The number of halogens is 2. The van der Waals surface area contributed by atoms with Crippen molar-refractivity contribution in [2.75, 3.05) is 5.32 Å². The van der Waals surface area contributed by atoms with Gasteiger partial charge >= 0.3 is 0 Å². The molecule has 92 valence electrons. The number of aryl methyl sites for hydroxylation is 1. The van der Waals surface area contributed by atoms with Crippen molar-refractivity contribution >= 4 is 39.1 Å². The first-order valence-electron chi connectivity index (χ1n) is 5.39. The molecule has 2 aromatic rings. The quantitative estimate of drug-likeness (QED) is 0.855. The molecule has 0 heterocycles. The van der Waals surface area contributed by atoms with Gasteiger partial charge in [0.2, 0.25) is 0 Å². The van der Waals surface area contributed by atoms with E-state index in [0.717, 1.165) is 15.7 Å². The zero-order valence-electron chi connectivity index (χ0n) is 9.71. The summed E-state index contributed by atoms with van der Waals surface area (Å²) in [5.41, 5.74) is 2.24. The standard InChI is InChI=1S/C14H11BrClNO/c1-9-5-6-10(7-13(9)16)14(18)17-12-4-2-3-11(15)8-12/h2-8H,1H3,(H,17,18). The summed E-state index contributed by atoms with van der Waals surface area (Å²) in [5, 5.41) is 3.41. The largest absolute Gasteiger partial charge is 0.322 e. The van der Waals surface area contributed by atoms with Crippen molar-refractivity contribution in [2.45, 2.75) is 6.92 Å². The van der Waals surface area contributed by atoms with Crippen LogP contribution in [0, 0.1) is 6.92 Å². The Balaban J connectivity index is 2.19. The molecule has 1 N–H and O–H groups in total. The number of hydrogen-bond donors (Lipinski definition) is 1. The van der Waals surface area contributed by atoms with Gasteiger partial charge in [0, 0.05) is 20.7 Å². The molecule has 0 radical (unpaired) electrons. The Bertz CT molecular complexity index is 598. The summed E-state index contributed by atoms with van der Waals surface area (Å²) in [4.78, 5) is 12.0. The molecular weight excluding hydrogens is 314 g/mol. The highest BCUT2D eigenvalue weighted by Crippen LogP contribution is 2.19. The van der Waals surface area contributed by atoms with Crippen molar-refractivity contribution in [3.05, 3.63) is 63.1 Å². The van der Waals surface area contributed by atoms with Crippen LogP contribution in [0.5, 0.6) is 0 Å². The first kappa shape index (κ1) is 13.1. The molecule has 4 heteroatoms. The molecule has 0 saturated carbocycles. The summed E-state index contributed by atoms with van der Waals surface area (Å²) in [7, 11) is 0. The Hall–Kier alpha value is -1.32. The SMILES string of the molecule is Cc1ccc(C(=O)Nc2cccc(Br)c2)cc1Cl. The van der Waals surface area contributed by atoms with E-state index in [0.29, 0.717) is 10.6 Å². The van der Waals surface area contributed by atoms with Gasteiger partial charge in [-0.1, -0.05) is 39.7 Å². The summed E-state index contributed by atoms with van der Waals surface area (Å²) in [5.74, 6) is -0.171. The van der Waals surface area contributed by atoms with Crippen LogP contribution in [-0.4, -0.2) is 5.91 Å². The maximum Gasteiger partial charge on any atom is 0.255 e. The maximum atomic E-state index is 12.0. The van der Waals surface area contributed by atoms with Crippen LogP contribution in [0.1, 0.15) is 15.9 Å². The van der Waals surface area contributed by atoms with Crippen molar-refractivity contribution in [1.82, 2.24) is 0 Å². The third-order valence-electron chi connectivity index (χ3n) is 2.52. The van der Waals surface area contributed by atoms with E-state index in [-0.39, 0.29) is 5.91 Å². The Kier molecular flexibility index (Phi) is 4.04. The predicted molar refractivity (Wildman–Crippen MR) is 78.3 cm³/mol. The molecule has 2 rings (SSSR count). The van der Waals surface area contributed by atoms with Crippen LogP contribution in [0.15, 0.2) is 46.9 Å². The molecule has 0 aliphatic carbocycles. The Morgan fingerprint density at radius 3 is 2.67 bits per heavy atom. The number of benzene rings is 2. The summed E-state index contributed by atoms with van der Waals surface area (Å²) in [6.45, 7) is 1.90. The number of amides is 1. The molecular formula is C14H11BrClNO. The van der Waals surface area contributed by atoms with Crippen LogP contribution in [0.3, 0.4) is 0 Å². The lowest BCUT2D eigenvalue weighted by molar-refractivity contribution is 0.102. The second-order valence-corrected chi connectivity index (χ2v) is 5.25. The van der Waals surface area contributed by atoms with Gasteiger partial charge in [-0.25, -0.2) is 0 Å². The first-order chi connectivity index (χ1) is 8.56. The second-order valence-electron chi connectivity index (χ2n) is 3.93. The van der Waals surface area contributed by atoms with Crippen molar-refractivity contribution < 1.29 is 4.79 Å². The Morgan fingerprint density at radius 2 is 2.00 bits per heavy atom. The summed E-state index contributed by atoms with van der Waals surface area (Å²) >= 11 is 9.36. The normalized spacial score (nSPS) is 10.2. The summed E-state index contributed by atoms with van der Waals surface area (Å²) in [6, 6.07) is 12.7. The molecule has 0 fully saturated rings. The number of carbonyl (C=O) groups is 1. The minimum absolute atomic E-state index is 0.171. The van der Waals surface area contributed by atoms with Crippen LogP contribution in [0.2, 0.25) is 5.02 Å². The zero-order valence-corrected chi connectivity index (χ0v) is 12.0. The molecule has 1 amide bonds. The average Bonchev–Trinajstić information content (AvgIpc) is 2.32. The molecule has 2 aromatic carbocycles. The van der Waals surface area contributed by atoms with E-state index in [4.69, 9.17) is 11.6 Å². The molecule has 2 nitrogen and oxygen atoms in total. The minimum Gasteiger partial charge on any atom is -0.322 e. The van der Waals surface area contributed by atoms with Gasteiger partial charge in [-0.15, -0.1) is 0 Å². The van der Waals surface area contributed by atoms with E-state index < -0.39 is 0 Å². The smallest absolute Gasteiger partial charge is 0.255 e. The van der Waals surface area contributed by atoms with Gasteiger partial charge in [0.05, 0.1) is 0 Å². The molecule has 18 heavy (non-hydrogen) atoms. The molecule has 0 unspecified atom stereocenters. The number of nitrogens with one attached hydrogen (secondary N) is 1. The molecule has 0 spiro atoms. The van der Waals surface area contributed by atoms with E-state index in [1.54, 1.807) is 12.1 Å². The molecule has 0 saturated heterocycles. The highest BCUT2D eigenvalue weighted by atomic mass is 79.9. The molecule has 0 bridgehead atoms. The number of anilines is 1. The van der Waals surface area contributed by atoms with Crippen molar-refractivity contribution in [3.63, 3.8) is 0 Å². The number of rotatable bonds is 2. The minimum atomic E-state index is -0.171. The van der Waals surface area contributed by atoms with Gasteiger partial charge in [-0.05, 0) is 42.8 Å². The third-order valence-corrected chi connectivity index (χ3v) is 3.42. The third kappa shape index (κ3) is 3.12. The Labute approximate surface area is 119 Å². The number of carbonyl (C=O) groups excluding carboxylic acids is 1. The highest BCUT2D eigenvalue weighted by molar-refractivity contribution is 9.10. The van der Waals surface area contributed by atoms with Gasteiger partial charge in [0.15, 0.2) is 0 Å². The molecule has 0 aromatic heterocycles. The lowest BCUT2D eigenvalue weighted by atomic mass is 10.1. The van der Waals surface area contributed by atoms with Crippen molar-refractivity contribution in [3.8, 4) is 0 Å². The van der Waals surface area contributed by atoms with Crippen molar-refractivity contribution in [1.29, 1.82) is 0 Å². The van der Waals surface area contributed by atoms with E-state index in [2.05, 4.69) is 21.2 Å². The Morgan fingerprint density at radius 1 is 1.22 bits per heavy atom. The molecule has 0 aliphatic heterocycles. The van der Waals surface area contributed by atoms with Crippen LogP contribution in [0.4, 0.5) is 5.69 Å². The number of hydrogen-bond acceptors (Lipinski definition) is 1. The van der Waals surface area contributed by atoms with E-state index in [9.17, 15) is 4.79 Å². The fourth-order valence-corrected chi connectivity index (χ4v) is 2.08. The van der Waals surface area contributed by atoms with Gasteiger partial charge in [0.1, 0.15) is 0 Å². The van der Waals surface area contributed by atoms with Gasteiger partial charge in [-0.3, -0.25) is 4.79 Å². The van der Waals surface area contributed by atoms with Gasteiger partial charge < -0.3 is 5.32 Å². The van der Waals surface area contributed by atoms with E-state index in [1.807, 2.05) is 37.3 Å². The molecule has 0 aliphatic rings. The van der Waals surface area contributed by atoms with E-state index in [1.165, 1.54) is 0 Å². The lowest BCUT2D eigenvalue weighted by Gasteiger charge is -2.06. The van der Waals surface area contributed by atoms with Crippen LogP contribution >= 0.6 is 27.5 Å². The average molecular weight is 325 g/mol. The van der Waals surface area contributed by atoms with Crippen molar-refractivity contribution in [2.24, 2.45) is 0 Å². The van der Waals surface area contributed by atoms with Gasteiger partial charge in [0.25, 0.3) is 5.91 Å². The topological polar surface area (TPSA) is 29.1 Å². The maximum absolute atomic E-state index is 12.0. The summed E-state index contributed by atoms with van der Waals surface area (Å²) in [6.07, 6.45) is 0. The molecule has 0 atom stereocenters. The zero-order chi connectivity index (χ0) is 13.1. The lowest BCUT2D eigenvalue weighted by Crippen LogP contribution is -2.11. The highest BCUT2D eigenvalue weighted by Gasteiger charge is 2.07.